The van der Waals surface area contributed by atoms with E-state index in [0.717, 1.165) is 12.8 Å². The highest BCUT2D eigenvalue weighted by Gasteiger charge is 2.20. The van der Waals surface area contributed by atoms with Crippen LogP contribution in [0.5, 0.6) is 5.75 Å². The van der Waals surface area contributed by atoms with Crippen LogP contribution in [0, 0.1) is 11.7 Å². The van der Waals surface area contributed by atoms with Crippen molar-refractivity contribution < 1.29 is 18.7 Å². The summed E-state index contributed by atoms with van der Waals surface area (Å²) in [7, 11) is 1.50. The predicted octanol–water partition coefficient (Wildman–Crippen LogP) is 1.92. The van der Waals surface area contributed by atoms with Crippen LogP contribution in [-0.4, -0.2) is 32.8 Å². The smallest absolute Gasteiger partial charge is 0.223 e. The Kier molecular flexibility index (Phi) is 5.35. The molecular formula is C15H20FNO3. The number of carbonyl (C=O) groups excluding carboxylic acids is 1. The Morgan fingerprint density at radius 1 is 1.45 bits per heavy atom. The van der Waals surface area contributed by atoms with Gasteiger partial charge in [0.05, 0.1) is 7.11 Å². The molecule has 110 valence electrons. The normalized spacial score (nSPS) is 15.9. The summed E-state index contributed by atoms with van der Waals surface area (Å²) in [5.41, 5.74) is 0.582. The van der Waals surface area contributed by atoms with Crippen molar-refractivity contribution >= 4 is 5.91 Å². The highest BCUT2D eigenvalue weighted by atomic mass is 19.1. The Hall–Kier alpha value is -1.62. The summed E-state index contributed by atoms with van der Waals surface area (Å²) in [6.45, 7) is 1.73. The molecular weight excluding hydrogens is 261 g/mol. The fraction of sp³-hybridized carbons (Fsp3) is 0.533. The van der Waals surface area contributed by atoms with Crippen molar-refractivity contribution in [2.45, 2.75) is 19.3 Å². The molecule has 1 aromatic carbocycles. The van der Waals surface area contributed by atoms with Gasteiger partial charge in [-0.1, -0.05) is 6.07 Å². The molecule has 1 N–H and O–H groups in total. The summed E-state index contributed by atoms with van der Waals surface area (Å²) < 4.78 is 23.9. The van der Waals surface area contributed by atoms with Crippen molar-refractivity contribution in [1.82, 2.24) is 5.32 Å². The fourth-order valence-corrected chi connectivity index (χ4v) is 2.28. The van der Waals surface area contributed by atoms with E-state index >= 15 is 0 Å². The number of rotatable bonds is 5. The molecule has 1 aliphatic rings. The molecule has 0 spiro atoms. The van der Waals surface area contributed by atoms with Gasteiger partial charge in [-0.3, -0.25) is 4.79 Å². The summed E-state index contributed by atoms with van der Waals surface area (Å²) in [6, 6.07) is 4.77. The zero-order valence-corrected chi connectivity index (χ0v) is 11.7. The van der Waals surface area contributed by atoms with Crippen LogP contribution in [0.3, 0.4) is 0 Å². The Bertz CT molecular complexity index is 458. The second-order valence-electron chi connectivity index (χ2n) is 4.89. The molecule has 2 rings (SSSR count). The third-order valence-electron chi connectivity index (χ3n) is 3.55. The largest absolute Gasteiger partial charge is 0.497 e. The SMILES string of the molecule is COc1ccc(CCNC(=O)C2CCOCC2)c(F)c1. The van der Waals surface area contributed by atoms with E-state index in [0.29, 0.717) is 37.5 Å². The molecule has 0 saturated carbocycles. The predicted molar refractivity (Wildman–Crippen MR) is 73.2 cm³/mol. The van der Waals surface area contributed by atoms with E-state index < -0.39 is 0 Å². The Morgan fingerprint density at radius 2 is 2.20 bits per heavy atom. The number of hydrogen-bond donors (Lipinski definition) is 1. The first-order valence-electron chi connectivity index (χ1n) is 6.88. The fourth-order valence-electron chi connectivity index (χ4n) is 2.28. The Balaban J connectivity index is 1.79. The molecule has 1 aliphatic heterocycles. The van der Waals surface area contributed by atoms with Crippen LogP contribution in [-0.2, 0) is 16.0 Å². The van der Waals surface area contributed by atoms with Crippen LogP contribution in [0.4, 0.5) is 4.39 Å². The quantitative estimate of drug-likeness (QED) is 0.897. The van der Waals surface area contributed by atoms with Gasteiger partial charge in [-0.05, 0) is 30.9 Å². The van der Waals surface area contributed by atoms with Gasteiger partial charge in [0.1, 0.15) is 11.6 Å². The van der Waals surface area contributed by atoms with Crippen molar-refractivity contribution in [2.24, 2.45) is 5.92 Å². The highest BCUT2D eigenvalue weighted by Crippen LogP contribution is 2.17. The molecule has 5 heteroatoms. The van der Waals surface area contributed by atoms with Gasteiger partial charge in [-0.25, -0.2) is 4.39 Å². The van der Waals surface area contributed by atoms with Crippen molar-refractivity contribution in [3.8, 4) is 5.75 Å². The van der Waals surface area contributed by atoms with Gasteiger partial charge < -0.3 is 14.8 Å². The Labute approximate surface area is 118 Å². The van der Waals surface area contributed by atoms with Crippen LogP contribution in [0.15, 0.2) is 18.2 Å². The van der Waals surface area contributed by atoms with E-state index in [9.17, 15) is 9.18 Å². The Morgan fingerprint density at radius 3 is 2.85 bits per heavy atom. The lowest BCUT2D eigenvalue weighted by atomic mass is 9.99. The molecule has 0 atom stereocenters. The number of amides is 1. The maximum Gasteiger partial charge on any atom is 0.223 e. The van der Waals surface area contributed by atoms with Crippen molar-refractivity contribution in [1.29, 1.82) is 0 Å². The second-order valence-corrected chi connectivity index (χ2v) is 4.89. The molecule has 0 radical (unpaired) electrons. The molecule has 1 heterocycles. The van der Waals surface area contributed by atoms with Gasteiger partial charge >= 0.3 is 0 Å². The molecule has 0 aromatic heterocycles. The van der Waals surface area contributed by atoms with Gasteiger partial charge in [0, 0.05) is 31.7 Å². The summed E-state index contributed by atoms with van der Waals surface area (Å²) in [5, 5.41) is 2.86. The van der Waals surface area contributed by atoms with Gasteiger partial charge in [0.2, 0.25) is 5.91 Å². The van der Waals surface area contributed by atoms with Crippen LogP contribution < -0.4 is 10.1 Å². The number of carbonyl (C=O) groups is 1. The summed E-state index contributed by atoms with van der Waals surface area (Å²) >= 11 is 0. The number of nitrogens with one attached hydrogen (secondary N) is 1. The number of benzene rings is 1. The molecule has 1 aromatic rings. The van der Waals surface area contributed by atoms with E-state index in [1.807, 2.05) is 0 Å². The average molecular weight is 281 g/mol. The summed E-state index contributed by atoms with van der Waals surface area (Å²) in [5.74, 6) is 0.272. The topological polar surface area (TPSA) is 47.6 Å². The number of methoxy groups -OCH3 is 1. The zero-order chi connectivity index (χ0) is 14.4. The lowest BCUT2D eigenvalue weighted by Crippen LogP contribution is -2.35. The van der Waals surface area contributed by atoms with E-state index in [1.54, 1.807) is 12.1 Å². The maximum atomic E-state index is 13.7. The molecule has 4 nitrogen and oxygen atoms in total. The maximum absolute atomic E-state index is 13.7. The molecule has 1 fully saturated rings. The number of ether oxygens (including phenoxy) is 2. The molecule has 0 bridgehead atoms. The number of halogens is 1. The minimum Gasteiger partial charge on any atom is -0.497 e. The van der Waals surface area contributed by atoms with Gasteiger partial charge in [0.25, 0.3) is 0 Å². The van der Waals surface area contributed by atoms with Gasteiger partial charge in [0.15, 0.2) is 0 Å². The standard InChI is InChI=1S/C15H20FNO3/c1-19-13-3-2-11(14(16)10-13)4-7-17-15(18)12-5-8-20-9-6-12/h2-3,10,12H,4-9H2,1H3,(H,17,18). The van der Waals surface area contributed by atoms with E-state index in [4.69, 9.17) is 9.47 Å². The van der Waals surface area contributed by atoms with Gasteiger partial charge in [-0.2, -0.15) is 0 Å². The van der Waals surface area contributed by atoms with E-state index in [-0.39, 0.29) is 17.6 Å². The number of hydrogen-bond acceptors (Lipinski definition) is 3. The molecule has 20 heavy (non-hydrogen) atoms. The van der Waals surface area contributed by atoms with Crippen molar-refractivity contribution in [3.63, 3.8) is 0 Å². The lowest BCUT2D eigenvalue weighted by Gasteiger charge is -2.21. The molecule has 1 amide bonds. The van der Waals surface area contributed by atoms with Crippen molar-refractivity contribution in [3.05, 3.63) is 29.6 Å². The first kappa shape index (κ1) is 14.8. The molecule has 0 aliphatic carbocycles. The van der Waals surface area contributed by atoms with E-state index in [2.05, 4.69) is 5.32 Å². The first-order chi connectivity index (χ1) is 9.70. The second kappa shape index (κ2) is 7.24. The summed E-state index contributed by atoms with van der Waals surface area (Å²) in [6.07, 6.45) is 2.01. The molecule has 1 saturated heterocycles. The average Bonchev–Trinajstić information content (AvgIpc) is 2.49. The summed E-state index contributed by atoms with van der Waals surface area (Å²) in [4.78, 5) is 11.9. The first-order valence-corrected chi connectivity index (χ1v) is 6.88. The third kappa shape index (κ3) is 3.93. The molecule has 0 unspecified atom stereocenters. The minimum absolute atomic E-state index is 0.0319. The van der Waals surface area contributed by atoms with Crippen molar-refractivity contribution in [2.75, 3.05) is 26.9 Å². The van der Waals surface area contributed by atoms with Crippen LogP contribution in [0.1, 0.15) is 18.4 Å². The van der Waals surface area contributed by atoms with Crippen LogP contribution >= 0.6 is 0 Å². The minimum atomic E-state index is -0.301. The van der Waals surface area contributed by atoms with Gasteiger partial charge in [-0.15, -0.1) is 0 Å². The lowest BCUT2D eigenvalue weighted by molar-refractivity contribution is -0.127. The zero-order valence-electron chi connectivity index (χ0n) is 11.7. The van der Waals surface area contributed by atoms with Crippen LogP contribution in [0.25, 0.3) is 0 Å². The highest BCUT2D eigenvalue weighted by molar-refractivity contribution is 5.78. The van der Waals surface area contributed by atoms with Crippen LogP contribution in [0.2, 0.25) is 0 Å². The third-order valence-corrected chi connectivity index (χ3v) is 3.55. The monoisotopic (exact) mass is 281 g/mol. The van der Waals surface area contributed by atoms with E-state index in [1.165, 1.54) is 13.2 Å².